The molecular formula is C18H17F2NO2. The second-order valence-electron chi connectivity index (χ2n) is 5.90. The van der Waals surface area contributed by atoms with E-state index in [0.29, 0.717) is 19.6 Å². The van der Waals surface area contributed by atoms with Crippen molar-refractivity contribution in [3.8, 4) is 0 Å². The monoisotopic (exact) mass is 317 g/mol. The molecule has 1 aliphatic heterocycles. The summed E-state index contributed by atoms with van der Waals surface area (Å²) in [5, 5.41) is 9.45. The molecule has 0 saturated carbocycles. The van der Waals surface area contributed by atoms with E-state index in [1.807, 2.05) is 35.2 Å². The molecule has 2 atom stereocenters. The van der Waals surface area contributed by atoms with Crippen LogP contribution < -0.4 is 0 Å². The maximum atomic E-state index is 14.0. The molecule has 0 aliphatic carbocycles. The third-order valence-electron chi connectivity index (χ3n) is 4.32. The Kier molecular flexibility index (Phi) is 4.39. The highest BCUT2D eigenvalue weighted by molar-refractivity contribution is 5.72. The molecule has 1 heterocycles. The van der Waals surface area contributed by atoms with Gasteiger partial charge in [-0.2, -0.15) is 0 Å². The van der Waals surface area contributed by atoms with Crippen molar-refractivity contribution in [2.45, 2.75) is 12.5 Å². The molecule has 0 bridgehead atoms. The minimum absolute atomic E-state index is 0.273. The highest BCUT2D eigenvalue weighted by Gasteiger charge is 2.39. The fourth-order valence-corrected chi connectivity index (χ4v) is 3.22. The van der Waals surface area contributed by atoms with E-state index < -0.39 is 29.4 Å². The fourth-order valence-electron chi connectivity index (χ4n) is 3.22. The van der Waals surface area contributed by atoms with Crippen molar-refractivity contribution in [2.24, 2.45) is 5.92 Å². The van der Waals surface area contributed by atoms with E-state index in [4.69, 9.17) is 0 Å². The molecule has 2 aromatic carbocycles. The van der Waals surface area contributed by atoms with E-state index in [0.717, 1.165) is 11.6 Å². The molecular weight excluding hydrogens is 300 g/mol. The van der Waals surface area contributed by atoms with Crippen LogP contribution in [-0.2, 0) is 11.3 Å². The Morgan fingerprint density at radius 2 is 1.87 bits per heavy atom. The average Bonchev–Trinajstić information content (AvgIpc) is 2.92. The Balaban J connectivity index is 1.83. The van der Waals surface area contributed by atoms with Crippen LogP contribution in [0.2, 0.25) is 0 Å². The van der Waals surface area contributed by atoms with E-state index in [1.165, 1.54) is 12.1 Å². The summed E-state index contributed by atoms with van der Waals surface area (Å²) in [5.41, 5.74) is 1.35. The smallest absolute Gasteiger partial charge is 0.308 e. The maximum absolute atomic E-state index is 14.0. The van der Waals surface area contributed by atoms with Crippen molar-refractivity contribution in [1.82, 2.24) is 4.90 Å². The third kappa shape index (κ3) is 3.40. The van der Waals surface area contributed by atoms with Crippen LogP contribution >= 0.6 is 0 Å². The Hall–Kier alpha value is -2.27. The van der Waals surface area contributed by atoms with Gasteiger partial charge in [-0.25, -0.2) is 8.78 Å². The van der Waals surface area contributed by atoms with Gasteiger partial charge in [-0.05, 0) is 17.2 Å². The molecule has 0 radical (unpaired) electrons. The van der Waals surface area contributed by atoms with Gasteiger partial charge < -0.3 is 5.11 Å². The van der Waals surface area contributed by atoms with Crippen molar-refractivity contribution in [2.75, 3.05) is 13.1 Å². The lowest BCUT2D eigenvalue weighted by Gasteiger charge is -2.17. The number of carboxylic acid groups (broad SMARTS) is 1. The molecule has 1 saturated heterocycles. The van der Waals surface area contributed by atoms with Crippen molar-refractivity contribution >= 4 is 5.97 Å². The molecule has 0 amide bonds. The number of carbonyl (C=O) groups is 1. The molecule has 1 N–H and O–H groups in total. The highest BCUT2D eigenvalue weighted by Crippen LogP contribution is 2.35. The van der Waals surface area contributed by atoms with Crippen LogP contribution in [0.4, 0.5) is 8.78 Å². The quantitative estimate of drug-likeness (QED) is 0.941. The SMILES string of the molecule is O=C(O)[C@@H]1CN(Cc2ccccc2)C[C@H]1c1ccc(F)cc1F. The number of halogens is 2. The van der Waals surface area contributed by atoms with Gasteiger partial charge in [0.2, 0.25) is 0 Å². The summed E-state index contributed by atoms with van der Waals surface area (Å²) in [4.78, 5) is 13.5. The van der Waals surface area contributed by atoms with E-state index in [1.54, 1.807) is 0 Å². The lowest BCUT2D eigenvalue weighted by Crippen LogP contribution is -2.23. The van der Waals surface area contributed by atoms with Crippen molar-refractivity contribution in [3.63, 3.8) is 0 Å². The summed E-state index contributed by atoms with van der Waals surface area (Å²) in [6.07, 6.45) is 0. The van der Waals surface area contributed by atoms with Gasteiger partial charge in [0.1, 0.15) is 11.6 Å². The Morgan fingerprint density at radius 3 is 2.52 bits per heavy atom. The van der Waals surface area contributed by atoms with Crippen LogP contribution in [0.5, 0.6) is 0 Å². The van der Waals surface area contributed by atoms with E-state index >= 15 is 0 Å². The minimum Gasteiger partial charge on any atom is -0.481 e. The number of hydrogen-bond donors (Lipinski definition) is 1. The third-order valence-corrected chi connectivity index (χ3v) is 4.32. The molecule has 0 spiro atoms. The Morgan fingerprint density at radius 1 is 1.13 bits per heavy atom. The zero-order valence-electron chi connectivity index (χ0n) is 12.5. The molecule has 1 aliphatic rings. The first-order chi connectivity index (χ1) is 11.0. The number of aliphatic carboxylic acids is 1. The molecule has 0 unspecified atom stereocenters. The van der Waals surface area contributed by atoms with Gasteiger partial charge in [-0.3, -0.25) is 9.69 Å². The number of nitrogens with zero attached hydrogens (tertiary/aromatic N) is 1. The molecule has 2 aromatic rings. The van der Waals surface area contributed by atoms with E-state index in [9.17, 15) is 18.7 Å². The average molecular weight is 317 g/mol. The predicted octanol–water partition coefficient (Wildman–Crippen LogP) is 3.27. The standard InChI is InChI=1S/C18H17F2NO2/c19-13-6-7-14(17(20)8-13)15-10-21(11-16(15)18(22)23)9-12-4-2-1-3-5-12/h1-8,15-16H,9-11H2,(H,22,23)/t15-,16+/m0/s1. The number of benzene rings is 2. The number of hydrogen-bond acceptors (Lipinski definition) is 2. The molecule has 3 nitrogen and oxygen atoms in total. The fraction of sp³-hybridized carbons (Fsp3) is 0.278. The summed E-state index contributed by atoms with van der Waals surface area (Å²) >= 11 is 0. The van der Waals surface area contributed by atoms with Crippen LogP contribution in [0.25, 0.3) is 0 Å². The topological polar surface area (TPSA) is 40.5 Å². The lowest BCUT2D eigenvalue weighted by molar-refractivity contribution is -0.141. The minimum atomic E-state index is -0.950. The summed E-state index contributed by atoms with van der Waals surface area (Å²) in [5.74, 6) is -3.45. The van der Waals surface area contributed by atoms with Gasteiger partial charge in [0.05, 0.1) is 5.92 Å². The second-order valence-corrected chi connectivity index (χ2v) is 5.90. The molecule has 23 heavy (non-hydrogen) atoms. The highest BCUT2D eigenvalue weighted by atomic mass is 19.1. The predicted molar refractivity (Wildman–Crippen MR) is 81.9 cm³/mol. The van der Waals surface area contributed by atoms with Crippen LogP contribution in [0.1, 0.15) is 17.0 Å². The van der Waals surface area contributed by atoms with Crippen molar-refractivity contribution in [3.05, 3.63) is 71.3 Å². The zero-order valence-corrected chi connectivity index (χ0v) is 12.5. The summed E-state index contributed by atoms with van der Waals surface area (Å²) in [6.45, 7) is 1.41. The van der Waals surface area contributed by atoms with Gasteiger partial charge in [0, 0.05) is 31.6 Å². The van der Waals surface area contributed by atoms with Gasteiger partial charge >= 0.3 is 5.97 Å². The maximum Gasteiger partial charge on any atom is 0.308 e. The molecule has 0 aromatic heterocycles. The Bertz CT molecular complexity index is 705. The zero-order chi connectivity index (χ0) is 16.4. The van der Waals surface area contributed by atoms with Gasteiger partial charge in [0.15, 0.2) is 0 Å². The normalized spacial score (nSPS) is 21.5. The molecule has 120 valence electrons. The number of likely N-dealkylation sites (tertiary alicyclic amines) is 1. The van der Waals surface area contributed by atoms with Crippen LogP contribution in [0.15, 0.2) is 48.5 Å². The summed E-state index contributed by atoms with van der Waals surface area (Å²) < 4.78 is 27.1. The van der Waals surface area contributed by atoms with Gasteiger partial charge in [-0.15, -0.1) is 0 Å². The van der Waals surface area contributed by atoms with Gasteiger partial charge in [0.25, 0.3) is 0 Å². The van der Waals surface area contributed by atoms with Crippen molar-refractivity contribution in [1.29, 1.82) is 0 Å². The molecule has 5 heteroatoms. The largest absolute Gasteiger partial charge is 0.481 e. The van der Waals surface area contributed by atoms with Gasteiger partial charge in [-0.1, -0.05) is 36.4 Å². The first-order valence-corrected chi connectivity index (χ1v) is 7.48. The second kappa shape index (κ2) is 6.46. The van der Waals surface area contributed by atoms with E-state index in [2.05, 4.69) is 0 Å². The first kappa shape index (κ1) is 15.6. The molecule has 3 rings (SSSR count). The number of rotatable bonds is 4. The number of carboxylic acids is 1. The van der Waals surface area contributed by atoms with Crippen molar-refractivity contribution < 1.29 is 18.7 Å². The van der Waals surface area contributed by atoms with Crippen LogP contribution in [0, 0.1) is 17.6 Å². The van der Waals surface area contributed by atoms with Crippen LogP contribution in [-0.4, -0.2) is 29.1 Å². The van der Waals surface area contributed by atoms with E-state index in [-0.39, 0.29) is 5.56 Å². The summed E-state index contributed by atoms with van der Waals surface area (Å²) in [7, 11) is 0. The Labute approximate surface area is 133 Å². The summed E-state index contributed by atoms with van der Waals surface area (Å²) in [6, 6.07) is 13.1. The molecule has 1 fully saturated rings. The van der Waals surface area contributed by atoms with Crippen LogP contribution in [0.3, 0.4) is 0 Å². The first-order valence-electron chi connectivity index (χ1n) is 7.48. The lowest BCUT2D eigenvalue weighted by atomic mass is 9.88.